The van der Waals surface area contributed by atoms with Crippen LogP contribution in [0.4, 0.5) is 64.7 Å². The third-order valence-electron chi connectivity index (χ3n) is 12.0. The minimum atomic E-state index is -1.22. The van der Waals surface area contributed by atoms with E-state index in [0.717, 1.165) is 0 Å². The molecule has 5 rings (SSSR count). The lowest BCUT2D eigenvalue weighted by Crippen LogP contribution is -2.46. The second-order valence-corrected chi connectivity index (χ2v) is 17.0. The molecule has 0 spiro atoms. The van der Waals surface area contributed by atoms with Crippen molar-refractivity contribution >= 4 is 81.6 Å². The Morgan fingerprint density at radius 1 is 0.306 bits per heavy atom. The van der Waals surface area contributed by atoms with Gasteiger partial charge in [0.25, 0.3) is 0 Å². The van der Waals surface area contributed by atoms with E-state index in [9.17, 15) is 39.0 Å². The molecule has 2 N–H and O–H groups in total. The minimum absolute atomic E-state index is 0.0941. The van der Waals surface area contributed by atoms with Gasteiger partial charge in [-0.2, -0.15) is 0 Å². The Hall–Kier alpha value is -7.88. The lowest BCUT2D eigenvalue weighted by Gasteiger charge is -2.34. The SMILES string of the molecule is CCCN(C(=O)N(CCC)c1cc(C(=O)O)cc(N(CC)C(=O)N(CC)c2cccc(N(CC)C(=O)N(CC)c3cc(C(=O)O)cc(N(CCC)C(=O)N(CCC)c4ccccc4)c3)c2)c1)c1ccccc1. The van der Waals surface area contributed by atoms with E-state index in [4.69, 9.17) is 0 Å². The molecule has 0 saturated carbocycles. The number of rotatable bonds is 22. The summed E-state index contributed by atoms with van der Waals surface area (Å²) < 4.78 is 0. The van der Waals surface area contributed by atoms with Crippen molar-refractivity contribution in [2.45, 2.75) is 81.1 Å². The van der Waals surface area contributed by atoms with Crippen LogP contribution in [0.2, 0.25) is 0 Å². The van der Waals surface area contributed by atoms with Crippen LogP contribution in [0.25, 0.3) is 0 Å². The highest BCUT2D eigenvalue weighted by atomic mass is 16.4. The van der Waals surface area contributed by atoms with Crippen LogP contribution in [0.1, 0.15) is 102 Å². The lowest BCUT2D eigenvalue weighted by molar-refractivity contribution is 0.0686. The van der Waals surface area contributed by atoms with Gasteiger partial charge in [-0.05, 0) is 132 Å². The van der Waals surface area contributed by atoms with Crippen molar-refractivity contribution in [2.75, 3.05) is 91.6 Å². The molecule has 8 amide bonds. The molecule has 0 saturated heterocycles. The normalized spacial score (nSPS) is 10.8. The average Bonchev–Trinajstić information content (AvgIpc) is 3.39. The van der Waals surface area contributed by atoms with Crippen LogP contribution >= 0.6 is 0 Å². The molecular formula is C56H70N8O8. The zero-order valence-electron chi connectivity index (χ0n) is 43.0. The molecule has 16 heteroatoms. The first-order chi connectivity index (χ1) is 34.7. The Bertz CT molecular complexity index is 2470. The van der Waals surface area contributed by atoms with E-state index in [1.165, 1.54) is 43.9 Å². The van der Waals surface area contributed by atoms with Crippen LogP contribution < -0.4 is 39.2 Å². The molecule has 0 aliphatic carbocycles. The van der Waals surface area contributed by atoms with Crippen molar-refractivity contribution in [1.82, 2.24) is 0 Å². The third-order valence-corrected chi connectivity index (χ3v) is 12.0. The maximum Gasteiger partial charge on any atom is 0.335 e. The van der Waals surface area contributed by atoms with Gasteiger partial charge in [0, 0.05) is 97.9 Å². The topological polar surface area (TPSA) is 169 Å². The number of carbonyl (C=O) groups excluding carboxylic acids is 4. The number of hydrogen-bond donors (Lipinski definition) is 2. The predicted molar refractivity (Wildman–Crippen MR) is 290 cm³/mol. The summed E-state index contributed by atoms with van der Waals surface area (Å²) in [5.41, 5.74) is 3.38. The summed E-state index contributed by atoms with van der Waals surface area (Å²) >= 11 is 0. The van der Waals surface area contributed by atoms with E-state index in [0.29, 0.717) is 86.0 Å². The number of carbonyl (C=O) groups is 6. The number of carboxylic acid groups (broad SMARTS) is 2. The smallest absolute Gasteiger partial charge is 0.335 e. The van der Waals surface area contributed by atoms with Crippen LogP contribution in [0.5, 0.6) is 0 Å². The fourth-order valence-corrected chi connectivity index (χ4v) is 8.64. The van der Waals surface area contributed by atoms with E-state index in [1.54, 1.807) is 69.8 Å². The number of anilines is 8. The van der Waals surface area contributed by atoms with Crippen LogP contribution in [-0.2, 0) is 0 Å². The van der Waals surface area contributed by atoms with Gasteiger partial charge in [-0.1, -0.05) is 70.2 Å². The van der Waals surface area contributed by atoms with Crippen LogP contribution in [0.3, 0.4) is 0 Å². The van der Waals surface area contributed by atoms with Gasteiger partial charge in [0.05, 0.1) is 11.1 Å². The van der Waals surface area contributed by atoms with Crippen LogP contribution in [0.15, 0.2) is 121 Å². The molecule has 5 aromatic carbocycles. The van der Waals surface area contributed by atoms with Gasteiger partial charge in [-0.15, -0.1) is 0 Å². The first-order valence-corrected chi connectivity index (χ1v) is 25.0. The largest absolute Gasteiger partial charge is 0.478 e. The van der Waals surface area contributed by atoms with Gasteiger partial charge >= 0.3 is 36.1 Å². The van der Waals surface area contributed by atoms with Crippen molar-refractivity contribution in [3.63, 3.8) is 0 Å². The quantitative estimate of drug-likeness (QED) is 0.0690. The maximum atomic E-state index is 14.8. The van der Waals surface area contributed by atoms with Crippen molar-refractivity contribution in [3.05, 3.63) is 132 Å². The molecule has 0 unspecified atom stereocenters. The summed E-state index contributed by atoms with van der Waals surface area (Å²) in [6.45, 7) is 17.2. The summed E-state index contributed by atoms with van der Waals surface area (Å²) in [6.07, 6.45) is 2.53. The van der Waals surface area contributed by atoms with E-state index < -0.39 is 24.0 Å². The Morgan fingerprint density at radius 2 is 0.542 bits per heavy atom. The van der Waals surface area contributed by atoms with Gasteiger partial charge in [0.15, 0.2) is 0 Å². The standard InChI is InChI=1S/C56H70N8O8/c1-9-30-61(43-24-19-17-20-25-43)55(71)63(32-11-3)49-36-41(51(65)66)34-47(39-49)59(15-7)53(69)57(13-5)45-28-23-29-46(38-45)58(14-6)54(70)60(16-8)48-35-42(52(67)68)37-50(40-48)64(33-12-4)56(72)62(31-10-2)44-26-21-18-22-27-44/h17-29,34-40H,9-16,30-33H2,1-8H3,(H,65,66)(H,67,68). The van der Waals surface area contributed by atoms with E-state index in [-0.39, 0.29) is 60.7 Å². The summed E-state index contributed by atoms with van der Waals surface area (Å²) in [7, 11) is 0. The van der Waals surface area contributed by atoms with Gasteiger partial charge in [-0.3, -0.25) is 39.2 Å². The molecule has 0 aromatic heterocycles. The number of para-hydroxylation sites is 2. The average molecular weight is 983 g/mol. The summed E-state index contributed by atoms with van der Waals surface area (Å²) in [4.78, 5) is 96.2. The van der Waals surface area contributed by atoms with E-state index in [2.05, 4.69) is 0 Å². The van der Waals surface area contributed by atoms with Gasteiger partial charge in [0.1, 0.15) is 0 Å². The number of aromatic carboxylic acids is 2. The molecule has 0 heterocycles. The molecule has 382 valence electrons. The Labute approximate surface area is 424 Å². The van der Waals surface area contributed by atoms with Gasteiger partial charge in [0.2, 0.25) is 0 Å². The minimum Gasteiger partial charge on any atom is -0.478 e. The van der Waals surface area contributed by atoms with Crippen molar-refractivity contribution in [3.8, 4) is 0 Å². The molecule has 0 bridgehead atoms. The van der Waals surface area contributed by atoms with E-state index >= 15 is 0 Å². The zero-order valence-corrected chi connectivity index (χ0v) is 43.0. The van der Waals surface area contributed by atoms with Crippen molar-refractivity contribution in [1.29, 1.82) is 0 Å². The highest BCUT2D eigenvalue weighted by Gasteiger charge is 2.30. The molecule has 0 radical (unpaired) electrons. The molecule has 0 aliphatic heterocycles. The third kappa shape index (κ3) is 12.9. The zero-order chi connectivity index (χ0) is 52.5. The highest BCUT2D eigenvalue weighted by Crippen LogP contribution is 2.33. The second-order valence-electron chi connectivity index (χ2n) is 17.0. The van der Waals surface area contributed by atoms with Crippen LogP contribution in [0, 0.1) is 0 Å². The first kappa shape index (κ1) is 55.1. The number of benzene rings is 5. The van der Waals surface area contributed by atoms with E-state index in [1.807, 2.05) is 102 Å². The van der Waals surface area contributed by atoms with Crippen molar-refractivity contribution < 1.29 is 39.0 Å². The maximum absolute atomic E-state index is 14.8. The number of urea groups is 4. The molecule has 5 aromatic rings. The fraction of sp³-hybridized carbons (Fsp3) is 0.357. The van der Waals surface area contributed by atoms with Gasteiger partial charge in [-0.25, -0.2) is 28.8 Å². The Kier molecular flexibility index (Phi) is 20.2. The highest BCUT2D eigenvalue weighted by molar-refractivity contribution is 6.10. The van der Waals surface area contributed by atoms with Gasteiger partial charge < -0.3 is 10.2 Å². The second kappa shape index (κ2) is 26.4. The molecular weight excluding hydrogens is 913 g/mol. The molecule has 0 aliphatic rings. The monoisotopic (exact) mass is 983 g/mol. The number of hydrogen-bond acceptors (Lipinski definition) is 6. The first-order valence-electron chi connectivity index (χ1n) is 25.0. The molecule has 16 nitrogen and oxygen atoms in total. The summed E-state index contributed by atoms with van der Waals surface area (Å²) in [6, 6.07) is 33.1. The Morgan fingerprint density at radius 3 is 0.819 bits per heavy atom. The number of carboxylic acids is 2. The van der Waals surface area contributed by atoms with Crippen molar-refractivity contribution in [2.24, 2.45) is 0 Å². The Balaban J connectivity index is 1.50. The number of nitrogens with zero attached hydrogens (tertiary/aromatic N) is 8. The molecule has 72 heavy (non-hydrogen) atoms. The molecule has 0 fully saturated rings. The molecule has 0 atom stereocenters. The summed E-state index contributed by atoms with van der Waals surface area (Å²) in [5.74, 6) is -2.44. The number of amides is 8. The lowest BCUT2D eigenvalue weighted by atomic mass is 10.1. The predicted octanol–water partition coefficient (Wildman–Crippen LogP) is 12.5. The van der Waals surface area contributed by atoms with Crippen LogP contribution in [-0.4, -0.2) is 98.6 Å². The summed E-state index contributed by atoms with van der Waals surface area (Å²) in [5, 5.41) is 20.7. The fourth-order valence-electron chi connectivity index (χ4n) is 8.64.